The topological polar surface area (TPSA) is 80.0 Å². The Morgan fingerprint density at radius 1 is 1.28 bits per heavy atom. The lowest BCUT2D eigenvalue weighted by molar-refractivity contribution is -0.139. The highest BCUT2D eigenvalue weighted by molar-refractivity contribution is 5.82. The fraction of sp³-hybridized carbons (Fsp3) is 0.480. The van der Waals surface area contributed by atoms with Gasteiger partial charge in [-0.05, 0) is 25.5 Å². The third kappa shape index (κ3) is 3.80. The molecule has 0 fully saturated rings. The number of rotatable bonds is 5. The van der Waals surface area contributed by atoms with Gasteiger partial charge in [-0.3, -0.25) is 4.79 Å². The molecule has 7 heteroatoms. The molecular formula is C25H32N4O3. The first-order valence-corrected chi connectivity index (χ1v) is 11.2. The first-order valence-electron chi connectivity index (χ1n) is 11.2. The maximum absolute atomic E-state index is 12.3. The highest BCUT2D eigenvalue weighted by Crippen LogP contribution is 2.40. The van der Waals surface area contributed by atoms with Crippen molar-refractivity contribution in [3.8, 4) is 17.0 Å². The predicted molar refractivity (Wildman–Crippen MR) is 126 cm³/mol. The van der Waals surface area contributed by atoms with Crippen LogP contribution >= 0.6 is 0 Å². The molecule has 3 heterocycles. The zero-order valence-electron chi connectivity index (χ0n) is 19.8. The van der Waals surface area contributed by atoms with Crippen molar-refractivity contribution < 1.29 is 14.6 Å². The van der Waals surface area contributed by atoms with E-state index in [2.05, 4.69) is 25.7 Å². The van der Waals surface area contributed by atoms with Crippen LogP contribution in [-0.4, -0.2) is 45.9 Å². The van der Waals surface area contributed by atoms with Crippen LogP contribution in [0.25, 0.3) is 16.9 Å². The zero-order chi connectivity index (χ0) is 23.2. The van der Waals surface area contributed by atoms with Gasteiger partial charge in [-0.25, -0.2) is 9.50 Å². The van der Waals surface area contributed by atoms with Gasteiger partial charge in [0, 0.05) is 35.3 Å². The van der Waals surface area contributed by atoms with Crippen LogP contribution in [0.2, 0.25) is 0 Å². The minimum absolute atomic E-state index is 0.156. The number of likely N-dealkylation sites (N-methyl/N-ethyl adjacent to an activating group) is 1. The van der Waals surface area contributed by atoms with E-state index in [-0.39, 0.29) is 5.41 Å². The summed E-state index contributed by atoms with van der Waals surface area (Å²) in [5, 5.41) is 15.0. The molecule has 1 unspecified atom stereocenters. The van der Waals surface area contributed by atoms with E-state index in [1.165, 1.54) is 0 Å². The second-order valence-corrected chi connectivity index (χ2v) is 9.64. The lowest BCUT2D eigenvalue weighted by Crippen LogP contribution is -2.28. The minimum atomic E-state index is -0.838. The van der Waals surface area contributed by atoms with Gasteiger partial charge in [0.05, 0.1) is 29.5 Å². The van der Waals surface area contributed by atoms with E-state index < -0.39 is 11.9 Å². The Morgan fingerprint density at radius 3 is 2.69 bits per heavy atom. The molecule has 0 saturated carbocycles. The molecule has 1 N–H and O–H groups in total. The van der Waals surface area contributed by atoms with Gasteiger partial charge in [0.2, 0.25) is 0 Å². The second kappa shape index (κ2) is 8.11. The fourth-order valence-electron chi connectivity index (χ4n) is 4.38. The van der Waals surface area contributed by atoms with Crippen LogP contribution in [0, 0.1) is 6.92 Å². The summed E-state index contributed by atoms with van der Waals surface area (Å²) in [4.78, 5) is 19.3. The number of nitrogens with zero attached hydrogens (tertiary/aromatic N) is 4. The SMILES string of the molecule is CCCC(C(=O)O)c1c(C)nc2cc(C(C)(C)C)nn2c1-c1ccc2c(c1)OCCN2C. The van der Waals surface area contributed by atoms with Gasteiger partial charge < -0.3 is 14.7 Å². The molecule has 0 bridgehead atoms. The summed E-state index contributed by atoms with van der Waals surface area (Å²) in [6.45, 7) is 11.7. The molecule has 170 valence electrons. The van der Waals surface area contributed by atoms with E-state index in [9.17, 15) is 9.90 Å². The lowest BCUT2D eigenvalue weighted by atomic mass is 9.89. The van der Waals surface area contributed by atoms with Gasteiger partial charge in [0.15, 0.2) is 5.65 Å². The smallest absolute Gasteiger partial charge is 0.311 e. The van der Waals surface area contributed by atoms with Crippen molar-refractivity contribution in [2.24, 2.45) is 0 Å². The molecule has 0 radical (unpaired) electrons. The van der Waals surface area contributed by atoms with Crippen molar-refractivity contribution in [2.75, 3.05) is 25.1 Å². The van der Waals surface area contributed by atoms with Crippen LogP contribution < -0.4 is 9.64 Å². The summed E-state index contributed by atoms with van der Waals surface area (Å²) < 4.78 is 7.77. The van der Waals surface area contributed by atoms with Crippen LogP contribution in [-0.2, 0) is 10.2 Å². The molecule has 0 amide bonds. The number of carboxylic acids is 1. The Bertz CT molecular complexity index is 1180. The van der Waals surface area contributed by atoms with Gasteiger partial charge in [0.25, 0.3) is 0 Å². The van der Waals surface area contributed by atoms with Crippen LogP contribution in [0.15, 0.2) is 24.3 Å². The number of aliphatic carboxylic acids is 1. The molecule has 0 spiro atoms. The first-order chi connectivity index (χ1) is 15.1. The quantitative estimate of drug-likeness (QED) is 0.619. The van der Waals surface area contributed by atoms with Gasteiger partial charge >= 0.3 is 5.97 Å². The molecule has 32 heavy (non-hydrogen) atoms. The number of hydrogen-bond donors (Lipinski definition) is 1. The number of anilines is 1. The standard InChI is InChI=1S/C25H32N4O3/c1-7-8-17(24(30)31)22-15(2)26-21-14-20(25(3,4)5)27-29(21)23(22)16-9-10-18-19(13-16)32-12-11-28(18)6/h9-10,13-14,17H,7-8,11-12H2,1-6H3,(H,30,31). The Labute approximate surface area is 189 Å². The summed E-state index contributed by atoms with van der Waals surface area (Å²) in [6, 6.07) is 8.08. The van der Waals surface area contributed by atoms with E-state index in [4.69, 9.17) is 14.8 Å². The summed E-state index contributed by atoms with van der Waals surface area (Å²) in [7, 11) is 2.05. The van der Waals surface area contributed by atoms with Gasteiger partial charge in [-0.15, -0.1) is 0 Å². The van der Waals surface area contributed by atoms with Crippen LogP contribution in [0.5, 0.6) is 5.75 Å². The molecule has 1 atom stereocenters. The van der Waals surface area contributed by atoms with E-state index in [0.29, 0.717) is 13.0 Å². The van der Waals surface area contributed by atoms with Gasteiger partial charge in [0.1, 0.15) is 12.4 Å². The molecular weight excluding hydrogens is 404 g/mol. The summed E-state index contributed by atoms with van der Waals surface area (Å²) in [5.41, 5.74) is 5.63. The molecule has 1 aliphatic heterocycles. The summed E-state index contributed by atoms with van der Waals surface area (Å²) >= 11 is 0. The lowest BCUT2D eigenvalue weighted by Gasteiger charge is -2.28. The number of carboxylic acid groups (broad SMARTS) is 1. The monoisotopic (exact) mass is 436 g/mol. The number of benzene rings is 1. The summed E-state index contributed by atoms with van der Waals surface area (Å²) in [6.07, 6.45) is 1.30. The Kier molecular flexibility index (Phi) is 5.61. The molecule has 4 rings (SSSR count). The van der Waals surface area contributed by atoms with Crippen molar-refractivity contribution in [3.63, 3.8) is 0 Å². The number of aryl methyl sites for hydroxylation is 1. The minimum Gasteiger partial charge on any atom is -0.490 e. The third-order valence-corrected chi connectivity index (χ3v) is 6.15. The molecule has 7 nitrogen and oxygen atoms in total. The van der Waals surface area contributed by atoms with E-state index in [0.717, 1.165) is 58.3 Å². The number of hydrogen-bond acceptors (Lipinski definition) is 5. The molecule has 2 aromatic heterocycles. The number of aromatic nitrogens is 3. The Morgan fingerprint density at radius 2 is 2.03 bits per heavy atom. The predicted octanol–water partition coefficient (Wildman–Crippen LogP) is 4.80. The van der Waals surface area contributed by atoms with Crippen LogP contribution in [0.4, 0.5) is 5.69 Å². The van der Waals surface area contributed by atoms with E-state index in [1.54, 1.807) is 0 Å². The maximum Gasteiger partial charge on any atom is 0.311 e. The van der Waals surface area contributed by atoms with Crippen molar-refractivity contribution in [1.29, 1.82) is 0 Å². The third-order valence-electron chi connectivity index (χ3n) is 6.15. The van der Waals surface area contributed by atoms with Gasteiger partial charge in [-0.2, -0.15) is 5.10 Å². The van der Waals surface area contributed by atoms with E-state index >= 15 is 0 Å². The molecule has 1 aliphatic rings. The number of fused-ring (bicyclic) bond motifs is 2. The highest BCUT2D eigenvalue weighted by atomic mass is 16.5. The van der Waals surface area contributed by atoms with Crippen LogP contribution in [0.3, 0.4) is 0 Å². The Hall–Kier alpha value is -3.09. The Balaban J connectivity index is 2.04. The number of ether oxygens (including phenoxy) is 1. The van der Waals surface area contributed by atoms with Crippen molar-refractivity contribution in [2.45, 2.75) is 58.8 Å². The average Bonchev–Trinajstić information content (AvgIpc) is 3.15. The normalized spacial score (nSPS) is 14.9. The largest absolute Gasteiger partial charge is 0.490 e. The van der Waals surface area contributed by atoms with Crippen LogP contribution in [0.1, 0.15) is 63.4 Å². The van der Waals surface area contributed by atoms with Crippen molar-refractivity contribution in [3.05, 3.63) is 41.2 Å². The molecule has 0 aliphatic carbocycles. The zero-order valence-corrected chi connectivity index (χ0v) is 19.8. The molecule has 3 aromatic rings. The molecule has 0 saturated heterocycles. The van der Waals surface area contributed by atoms with E-state index in [1.807, 2.05) is 49.7 Å². The fourth-order valence-corrected chi connectivity index (χ4v) is 4.38. The van der Waals surface area contributed by atoms with Crippen molar-refractivity contribution >= 4 is 17.3 Å². The van der Waals surface area contributed by atoms with Crippen molar-refractivity contribution in [1.82, 2.24) is 14.6 Å². The maximum atomic E-state index is 12.3. The average molecular weight is 437 g/mol. The first kappa shape index (κ1) is 22.1. The second-order valence-electron chi connectivity index (χ2n) is 9.64. The van der Waals surface area contributed by atoms with Gasteiger partial charge in [-0.1, -0.05) is 40.2 Å². The molecule has 1 aromatic carbocycles. The number of carbonyl (C=O) groups is 1. The highest BCUT2D eigenvalue weighted by Gasteiger charge is 2.30. The summed E-state index contributed by atoms with van der Waals surface area (Å²) in [5.74, 6) is -0.696.